The molecule has 1 amide bonds. The maximum Gasteiger partial charge on any atom is 0.306 e. The first-order valence-corrected chi connectivity index (χ1v) is 5.20. The SMILES string of the molecule is CCOCCNC(=O)CCC(=O)OCC. The van der Waals surface area contributed by atoms with E-state index in [4.69, 9.17) is 9.47 Å². The summed E-state index contributed by atoms with van der Waals surface area (Å²) in [4.78, 5) is 22.0. The van der Waals surface area contributed by atoms with E-state index in [2.05, 4.69) is 5.32 Å². The molecule has 15 heavy (non-hydrogen) atoms. The molecule has 0 aliphatic rings. The van der Waals surface area contributed by atoms with Crippen molar-refractivity contribution in [3.8, 4) is 0 Å². The Hall–Kier alpha value is -1.10. The van der Waals surface area contributed by atoms with E-state index in [1.807, 2.05) is 6.92 Å². The van der Waals surface area contributed by atoms with E-state index in [9.17, 15) is 9.59 Å². The van der Waals surface area contributed by atoms with Crippen LogP contribution in [0.1, 0.15) is 26.7 Å². The van der Waals surface area contributed by atoms with Gasteiger partial charge in [0.15, 0.2) is 0 Å². The minimum absolute atomic E-state index is 0.133. The Labute approximate surface area is 90.1 Å². The maximum absolute atomic E-state index is 11.1. The van der Waals surface area contributed by atoms with Crippen molar-refractivity contribution < 1.29 is 19.1 Å². The number of carbonyl (C=O) groups is 2. The zero-order valence-corrected chi connectivity index (χ0v) is 9.38. The third-order valence-corrected chi connectivity index (χ3v) is 1.63. The number of hydrogen-bond acceptors (Lipinski definition) is 4. The molecule has 0 aromatic rings. The highest BCUT2D eigenvalue weighted by Gasteiger charge is 2.06. The number of nitrogens with one attached hydrogen (secondary N) is 1. The highest BCUT2D eigenvalue weighted by Crippen LogP contribution is 1.92. The van der Waals surface area contributed by atoms with Gasteiger partial charge in [-0.2, -0.15) is 0 Å². The zero-order chi connectivity index (χ0) is 11.5. The van der Waals surface area contributed by atoms with Gasteiger partial charge in [-0.15, -0.1) is 0 Å². The van der Waals surface area contributed by atoms with E-state index in [0.717, 1.165) is 0 Å². The Morgan fingerprint density at radius 2 is 1.87 bits per heavy atom. The highest BCUT2D eigenvalue weighted by molar-refractivity contribution is 5.81. The molecule has 0 fully saturated rings. The smallest absolute Gasteiger partial charge is 0.306 e. The summed E-state index contributed by atoms with van der Waals surface area (Å²) >= 11 is 0. The number of hydrogen-bond donors (Lipinski definition) is 1. The van der Waals surface area contributed by atoms with Crippen LogP contribution in [0.5, 0.6) is 0 Å². The van der Waals surface area contributed by atoms with Crippen LogP contribution < -0.4 is 5.32 Å². The number of ether oxygens (including phenoxy) is 2. The molecule has 0 heterocycles. The van der Waals surface area contributed by atoms with Crippen LogP contribution in [-0.2, 0) is 19.1 Å². The molecule has 0 aliphatic carbocycles. The third kappa shape index (κ3) is 9.21. The van der Waals surface area contributed by atoms with Gasteiger partial charge in [0.25, 0.3) is 0 Å². The fourth-order valence-electron chi connectivity index (χ4n) is 0.944. The molecule has 0 radical (unpaired) electrons. The van der Waals surface area contributed by atoms with Gasteiger partial charge in [0, 0.05) is 19.6 Å². The van der Waals surface area contributed by atoms with Crippen molar-refractivity contribution in [3.63, 3.8) is 0 Å². The van der Waals surface area contributed by atoms with Crippen LogP contribution in [0.3, 0.4) is 0 Å². The summed E-state index contributed by atoms with van der Waals surface area (Å²) in [5.41, 5.74) is 0. The normalized spacial score (nSPS) is 9.73. The molecule has 0 bridgehead atoms. The van der Waals surface area contributed by atoms with Gasteiger partial charge < -0.3 is 14.8 Å². The monoisotopic (exact) mass is 217 g/mol. The van der Waals surface area contributed by atoms with E-state index in [1.165, 1.54) is 0 Å². The van der Waals surface area contributed by atoms with Crippen LogP contribution in [0.4, 0.5) is 0 Å². The van der Waals surface area contributed by atoms with Crippen molar-refractivity contribution in [3.05, 3.63) is 0 Å². The second-order valence-electron chi connectivity index (χ2n) is 2.85. The quantitative estimate of drug-likeness (QED) is 0.474. The van der Waals surface area contributed by atoms with Crippen LogP contribution in [0.25, 0.3) is 0 Å². The summed E-state index contributed by atoms with van der Waals surface area (Å²) in [6.07, 6.45) is 0.305. The van der Waals surface area contributed by atoms with Crippen molar-refractivity contribution in [1.29, 1.82) is 0 Å². The van der Waals surface area contributed by atoms with Crippen molar-refractivity contribution in [2.45, 2.75) is 26.7 Å². The first-order valence-electron chi connectivity index (χ1n) is 5.20. The van der Waals surface area contributed by atoms with Gasteiger partial charge in [-0.05, 0) is 13.8 Å². The van der Waals surface area contributed by atoms with Gasteiger partial charge in [-0.3, -0.25) is 9.59 Å². The number of rotatable bonds is 8. The first kappa shape index (κ1) is 13.9. The minimum atomic E-state index is -0.336. The average Bonchev–Trinajstić information content (AvgIpc) is 2.22. The van der Waals surface area contributed by atoms with Crippen molar-refractivity contribution in [1.82, 2.24) is 5.32 Å². The van der Waals surface area contributed by atoms with Crippen LogP contribution in [-0.4, -0.2) is 38.2 Å². The lowest BCUT2D eigenvalue weighted by Crippen LogP contribution is -2.27. The number of amides is 1. The summed E-state index contributed by atoms with van der Waals surface area (Å²) in [5.74, 6) is -0.486. The van der Waals surface area contributed by atoms with Crippen molar-refractivity contribution in [2.75, 3.05) is 26.4 Å². The molecule has 0 rings (SSSR count). The van der Waals surface area contributed by atoms with E-state index < -0.39 is 0 Å². The summed E-state index contributed by atoms with van der Waals surface area (Å²) in [6.45, 7) is 5.60. The standard InChI is InChI=1S/C10H19NO4/c1-3-14-8-7-11-9(12)5-6-10(13)15-4-2/h3-8H2,1-2H3,(H,11,12). The van der Waals surface area contributed by atoms with Crippen LogP contribution in [0.2, 0.25) is 0 Å². The van der Waals surface area contributed by atoms with Crippen molar-refractivity contribution >= 4 is 11.9 Å². The summed E-state index contributed by atoms with van der Waals surface area (Å²) in [7, 11) is 0. The summed E-state index contributed by atoms with van der Waals surface area (Å²) < 4.78 is 9.73. The lowest BCUT2D eigenvalue weighted by atomic mass is 10.3. The Morgan fingerprint density at radius 1 is 1.13 bits per heavy atom. The van der Waals surface area contributed by atoms with Gasteiger partial charge in [-0.1, -0.05) is 0 Å². The molecule has 0 aromatic carbocycles. The first-order chi connectivity index (χ1) is 7.20. The Balaban J connectivity index is 3.36. The topological polar surface area (TPSA) is 64.6 Å². The molecule has 1 N–H and O–H groups in total. The Bertz CT molecular complexity index is 194. The molecule has 0 saturated heterocycles. The second-order valence-corrected chi connectivity index (χ2v) is 2.85. The Morgan fingerprint density at radius 3 is 2.47 bits per heavy atom. The molecule has 0 saturated carbocycles. The molecule has 0 unspecified atom stereocenters. The van der Waals surface area contributed by atoms with E-state index in [1.54, 1.807) is 6.92 Å². The molecular weight excluding hydrogens is 198 g/mol. The van der Waals surface area contributed by atoms with Crippen LogP contribution in [0, 0.1) is 0 Å². The van der Waals surface area contributed by atoms with Crippen LogP contribution in [0.15, 0.2) is 0 Å². The fraction of sp³-hybridized carbons (Fsp3) is 0.800. The lowest BCUT2D eigenvalue weighted by Gasteiger charge is -2.04. The number of carbonyl (C=O) groups excluding carboxylic acids is 2. The number of esters is 1. The Kier molecular flexibility index (Phi) is 8.76. The zero-order valence-electron chi connectivity index (χ0n) is 9.38. The maximum atomic E-state index is 11.1. The molecular formula is C10H19NO4. The van der Waals surface area contributed by atoms with Gasteiger partial charge in [0.2, 0.25) is 5.91 Å². The molecule has 5 nitrogen and oxygen atoms in total. The second kappa shape index (κ2) is 9.45. The van der Waals surface area contributed by atoms with Gasteiger partial charge in [-0.25, -0.2) is 0 Å². The molecule has 0 aliphatic heterocycles. The third-order valence-electron chi connectivity index (χ3n) is 1.63. The van der Waals surface area contributed by atoms with Crippen LogP contribution >= 0.6 is 0 Å². The van der Waals surface area contributed by atoms with E-state index in [-0.39, 0.29) is 24.7 Å². The molecule has 88 valence electrons. The summed E-state index contributed by atoms with van der Waals surface area (Å²) in [5, 5.41) is 2.64. The lowest BCUT2D eigenvalue weighted by molar-refractivity contribution is -0.144. The molecule has 0 aromatic heterocycles. The fourth-order valence-corrected chi connectivity index (χ4v) is 0.944. The average molecular weight is 217 g/mol. The van der Waals surface area contributed by atoms with Gasteiger partial charge in [0.1, 0.15) is 0 Å². The largest absolute Gasteiger partial charge is 0.466 e. The van der Waals surface area contributed by atoms with Gasteiger partial charge >= 0.3 is 5.97 Å². The predicted octanol–water partition coefficient (Wildman–Crippen LogP) is 0.482. The van der Waals surface area contributed by atoms with E-state index >= 15 is 0 Å². The highest BCUT2D eigenvalue weighted by atomic mass is 16.5. The predicted molar refractivity (Wildman–Crippen MR) is 55.4 cm³/mol. The van der Waals surface area contributed by atoms with E-state index in [0.29, 0.717) is 26.4 Å². The molecule has 0 atom stereocenters. The molecule has 0 spiro atoms. The van der Waals surface area contributed by atoms with Crippen molar-refractivity contribution in [2.24, 2.45) is 0 Å². The minimum Gasteiger partial charge on any atom is -0.466 e. The molecule has 5 heteroatoms. The van der Waals surface area contributed by atoms with Gasteiger partial charge in [0.05, 0.1) is 19.6 Å². The summed E-state index contributed by atoms with van der Waals surface area (Å²) in [6, 6.07) is 0.